The van der Waals surface area contributed by atoms with Crippen molar-refractivity contribution in [3.63, 3.8) is 0 Å². The standard InChI is InChI=1S/C44H50F3N7O3/c1-33(55)51-25-27-52(28-26-51)39-17-11-37(12-18-39)32-54(42(56)20-14-35-13-19-41(48-30-35)44(45,46)47)40(29-34-7-5-4-6-8-34)43(57)53-23-21-50(22-24-53)31-36-9-15-38(16-10-36)49(2)3/h4-20,30,40H,21-29,31-32H2,1-3H3/t40-/m0/s1. The number of alkyl halides is 3. The number of carbonyl (C=O) groups is 3. The fourth-order valence-electron chi connectivity index (χ4n) is 7.23. The number of aromatic nitrogens is 1. The zero-order valence-corrected chi connectivity index (χ0v) is 32.7. The third kappa shape index (κ3) is 11.0. The van der Waals surface area contributed by atoms with Crippen molar-refractivity contribution in [3.8, 4) is 0 Å². The molecule has 3 aromatic carbocycles. The lowest BCUT2D eigenvalue weighted by Gasteiger charge is -2.39. The van der Waals surface area contributed by atoms with Gasteiger partial charge in [-0.05, 0) is 58.7 Å². The summed E-state index contributed by atoms with van der Waals surface area (Å²) in [5.74, 6) is -0.550. The van der Waals surface area contributed by atoms with Crippen LogP contribution < -0.4 is 9.80 Å². The molecule has 6 rings (SSSR count). The number of hydrogen-bond acceptors (Lipinski definition) is 7. The Balaban J connectivity index is 1.24. The maximum Gasteiger partial charge on any atom is 0.433 e. The first-order valence-corrected chi connectivity index (χ1v) is 19.3. The van der Waals surface area contributed by atoms with Gasteiger partial charge in [0.05, 0.1) is 0 Å². The van der Waals surface area contributed by atoms with Gasteiger partial charge in [0.2, 0.25) is 17.7 Å². The maximum atomic E-state index is 14.7. The smallest absolute Gasteiger partial charge is 0.378 e. The van der Waals surface area contributed by atoms with Gasteiger partial charge in [-0.2, -0.15) is 13.2 Å². The van der Waals surface area contributed by atoms with Crippen LogP contribution in [0, 0.1) is 0 Å². The van der Waals surface area contributed by atoms with E-state index in [-0.39, 0.29) is 24.8 Å². The quantitative estimate of drug-likeness (QED) is 0.167. The van der Waals surface area contributed by atoms with Gasteiger partial charge in [0.25, 0.3) is 0 Å². The number of halogens is 3. The van der Waals surface area contributed by atoms with Crippen LogP contribution in [0.1, 0.15) is 34.9 Å². The van der Waals surface area contributed by atoms with Crippen LogP contribution in [0.3, 0.4) is 0 Å². The predicted octanol–water partition coefficient (Wildman–Crippen LogP) is 5.83. The first-order valence-electron chi connectivity index (χ1n) is 19.3. The highest BCUT2D eigenvalue weighted by Crippen LogP contribution is 2.28. The molecular formula is C44H50F3N7O3. The van der Waals surface area contributed by atoms with Crippen molar-refractivity contribution in [3.05, 3.63) is 131 Å². The molecule has 0 aliphatic carbocycles. The monoisotopic (exact) mass is 781 g/mol. The lowest BCUT2D eigenvalue weighted by Crippen LogP contribution is -2.56. The van der Waals surface area contributed by atoms with E-state index in [1.165, 1.54) is 23.8 Å². The molecule has 13 heteroatoms. The highest BCUT2D eigenvalue weighted by Gasteiger charge is 2.35. The summed E-state index contributed by atoms with van der Waals surface area (Å²) in [5.41, 5.74) is 4.33. The van der Waals surface area contributed by atoms with Gasteiger partial charge in [0.15, 0.2) is 0 Å². The van der Waals surface area contributed by atoms with E-state index in [1.807, 2.05) is 78.5 Å². The van der Waals surface area contributed by atoms with E-state index >= 15 is 0 Å². The predicted molar refractivity (Wildman–Crippen MR) is 216 cm³/mol. The van der Waals surface area contributed by atoms with E-state index in [4.69, 9.17) is 0 Å². The fraction of sp³-hybridized carbons (Fsp3) is 0.364. The van der Waals surface area contributed by atoms with Crippen molar-refractivity contribution in [2.24, 2.45) is 0 Å². The van der Waals surface area contributed by atoms with Gasteiger partial charge >= 0.3 is 6.18 Å². The summed E-state index contributed by atoms with van der Waals surface area (Å²) < 4.78 is 39.5. The summed E-state index contributed by atoms with van der Waals surface area (Å²) in [7, 11) is 4.02. The van der Waals surface area contributed by atoms with Gasteiger partial charge in [-0.1, -0.05) is 60.7 Å². The summed E-state index contributed by atoms with van der Waals surface area (Å²) in [4.78, 5) is 56.2. The average molecular weight is 782 g/mol. The Hall–Kier alpha value is -5.69. The molecule has 0 bridgehead atoms. The number of hydrogen-bond donors (Lipinski definition) is 0. The summed E-state index contributed by atoms with van der Waals surface area (Å²) in [5, 5.41) is 0. The molecule has 0 spiro atoms. The van der Waals surface area contributed by atoms with Crippen LogP contribution in [0.2, 0.25) is 0 Å². The Morgan fingerprint density at radius 2 is 1.39 bits per heavy atom. The number of nitrogens with zero attached hydrogens (tertiary/aromatic N) is 7. The maximum absolute atomic E-state index is 14.7. The molecule has 2 aliphatic heterocycles. The van der Waals surface area contributed by atoms with Crippen LogP contribution in [-0.2, 0) is 40.1 Å². The van der Waals surface area contributed by atoms with Gasteiger partial charge < -0.3 is 24.5 Å². The average Bonchev–Trinajstić information content (AvgIpc) is 3.22. The van der Waals surface area contributed by atoms with Crippen LogP contribution >= 0.6 is 0 Å². The molecule has 0 unspecified atom stereocenters. The Bertz CT molecular complexity index is 1970. The first kappa shape index (κ1) is 41.0. The molecule has 1 aromatic heterocycles. The van der Waals surface area contributed by atoms with E-state index in [2.05, 4.69) is 43.9 Å². The number of piperazine rings is 2. The van der Waals surface area contributed by atoms with E-state index in [9.17, 15) is 27.6 Å². The number of rotatable bonds is 12. The molecule has 2 saturated heterocycles. The summed E-state index contributed by atoms with van der Waals surface area (Å²) >= 11 is 0. The van der Waals surface area contributed by atoms with Gasteiger partial charge in [-0.15, -0.1) is 0 Å². The molecule has 10 nitrogen and oxygen atoms in total. The number of benzene rings is 3. The van der Waals surface area contributed by atoms with Gasteiger partial charge in [0.1, 0.15) is 11.7 Å². The topological polar surface area (TPSA) is 83.5 Å². The highest BCUT2D eigenvalue weighted by atomic mass is 19.4. The van der Waals surface area contributed by atoms with Crippen LogP contribution in [0.4, 0.5) is 24.5 Å². The molecular weight excluding hydrogens is 732 g/mol. The fourth-order valence-corrected chi connectivity index (χ4v) is 7.23. The van der Waals surface area contributed by atoms with E-state index in [1.54, 1.807) is 11.8 Å². The molecule has 57 heavy (non-hydrogen) atoms. The summed E-state index contributed by atoms with van der Waals surface area (Å²) in [6.45, 7) is 7.51. The number of anilines is 2. The molecule has 2 aliphatic rings. The van der Waals surface area contributed by atoms with Crippen molar-refractivity contribution in [2.45, 2.75) is 38.7 Å². The van der Waals surface area contributed by atoms with Crippen LogP contribution in [0.15, 0.2) is 103 Å². The van der Waals surface area contributed by atoms with Crippen LogP contribution in [0.5, 0.6) is 0 Å². The SMILES string of the molecule is CC(=O)N1CCN(c2ccc(CN(C(=O)C=Cc3ccc(C(F)(F)F)nc3)[C@@H](Cc3ccccc3)C(=O)N3CCN(Cc4ccc(N(C)C)cc4)CC3)cc2)CC1. The van der Waals surface area contributed by atoms with Crippen LogP contribution in [0.25, 0.3) is 6.08 Å². The second-order valence-electron chi connectivity index (χ2n) is 14.8. The van der Waals surface area contributed by atoms with E-state index in [0.29, 0.717) is 57.9 Å². The second kappa shape index (κ2) is 18.5. The number of amides is 3. The first-order chi connectivity index (χ1) is 27.3. The van der Waals surface area contributed by atoms with Gasteiger partial charge in [-0.3, -0.25) is 24.3 Å². The molecule has 300 valence electrons. The molecule has 0 radical (unpaired) electrons. The zero-order chi connectivity index (χ0) is 40.5. The largest absolute Gasteiger partial charge is 0.433 e. The van der Waals surface area contributed by atoms with Crippen molar-refractivity contribution in [2.75, 3.05) is 76.3 Å². The van der Waals surface area contributed by atoms with Crippen molar-refractivity contribution >= 4 is 35.2 Å². The molecule has 0 saturated carbocycles. The van der Waals surface area contributed by atoms with Crippen molar-refractivity contribution < 1.29 is 27.6 Å². The Morgan fingerprint density at radius 1 is 0.754 bits per heavy atom. The lowest BCUT2D eigenvalue weighted by atomic mass is 10.0. The number of pyridine rings is 1. The molecule has 4 aromatic rings. The van der Waals surface area contributed by atoms with Crippen molar-refractivity contribution in [1.29, 1.82) is 0 Å². The van der Waals surface area contributed by atoms with Gasteiger partial charge in [0, 0.05) is 117 Å². The third-order valence-electron chi connectivity index (χ3n) is 10.6. The summed E-state index contributed by atoms with van der Waals surface area (Å²) in [6, 6.07) is 27.2. The van der Waals surface area contributed by atoms with E-state index in [0.717, 1.165) is 41.3 Å². The minimum absolute atomic E-state index is 0.0610. The second-order valence-corrected chi connectivity index (χ2v) is 14.8. The molecule has 3 amide bonds. The lowest BCUT2D eigenvalue weighted by molar-refractivity contribution is -0.145. The minimum atomic E-state index is -4.58. The van der Waals surface area contributed by atoms with E-state index < -0.39 is 23.8 Å². The Kier molecular flexibility index (Phi) is 13.3. The third-order valence-corrected chi connectivity index (χ3v) is 10.6. The molecule has 0 N–H and O–H groups in total. The van der Waals surface area contributed by atoms with Crippen LogP contribution in [-0.4, -0.2) is 115 Å². The number of carbonyl (C=O) groups excluding carboxylic acids is 3. The zero-order valence-electron chi connectivity index (χ0n) is 32.7. The van der Waals surface area contributed by atoms with Crippen molar-refractivity contribution in [1.82, 2.24) is 24.6 Å². The van der Waals surface area contributed by atoms with Gasteiger partial charge in [-0.25, -0.2) is 0 Å². The Labute approximate surface area is 332 Å². The summed E-state index contributed by atoms with van der Waals surface area (Å²) in [6.07, 6.45) is -0.494. The normalized spacial score (nSPS) is 15.8. The highest BCUT2D eigenvalue weighted by molar-refractivity contribution is 5.95. The Morgan fingerprint density at radius 3 is 1.96 bits per heavy atom. The molecule has 2 fully saturated rings. The minimum Gasteiger partial charge on any atom is -0.378 e. The molecule has 3 heterocycles. The molecule has 1 atom stereocenters.